The Kier molecular flexibility index (Phi) is 63.2. The number of hydrogen-bond donors (Lipinski definition) is 0. The molecule has 0 heterocycles. The molecule has 0 fully saturated rings. The molecule has 77 heavy (non-hydrogen) atoms. The van der Waals surface area contributed by atoms with Gasteiger partial charge in [0.15, 0.2) is 6.10 Å². The van der Waals surface area contributed by atoms with Crippen molar-refractivity contribution >= 4 is 17.9 Å². The molecule has 0 saturated heterocycles. The third-order valence-corrected chi connectivity index (χ3v) is 15.0. The maximum absolute atomic E-state index is 12.9. The summed E-state index contributed by atoms with van der Waals surface area (Å²) in [6, 6.07) is 0. The predicted octanol–water partition coefficient (Wildman–Crippen LogP) is 23.1. The Labute approximate surface area is 479 Å². The Balaban J connectivity index is 4.12. The fourth-order valence-corrected chi connectivity index (χ4v) is 9.99. The molecule has 0 aromatic carbocycles. The second kappa shape index (κ2) is 65.6. The van der Waals surface area contributed by atoms with Gasteiger partial charge < -0.3 is 14.2 Å². The number of esters is 3. The van der Waals surface area contributed by atoms with Crippen molar-refractivity contribution in [3.63, 3.8) is 0 Å². The average Bonchev–Trinajstić information content (AvgIpc) is 3.43. The first kappa shape index (κ1) is 74.1. The van der Waals surface area contributed by atoms with E-state index in [0.29, 0.717) is 19.3 Å². The molecule has 0 spiro atoms. The van der Waals surface area contributed by atoms with E-state index in [9.17, 15) is 14.4 Å². The van der Waals surface area contributed by atoms with E-state index in [1.165, 1.54) is 231 Å². The van der Waals surface area contributed by atoms with Crippen molar-refractivity contribution in [1.82, 2.24) is 0 Å². The van der Waals surface area contributed by atoms with Gasteiger partial charge in [-0.1, -0.05) is 326 Å². The maximum atomic E-state index is 12.9. The summed E-state index contributed by atoms with van der Waals surface area (Å²) in [6.07, 6.45) is 84.3. The van der Waals surface area contributed by atoms with Crippen LogP contribution in [0.3, 0.4) is 0 Å². The van der Waals surface area contributed by atoms with Crippen molar-refractivity contribution in [3.8, 4) is 0 Å². The second-order valence-corrected chi connectivity index (χ2v) is 22.7. The van der Waals surface area contributed by atoms with E-state index >= 15 is 0 Å². The minimum Gasteiger partial charge on any atom is -0.462 e. The third kappa shape index (κ3) is 63.8. The molecule has 0 radical (unpaired) electrons. The number of rotatable bonds is 62. The number of carbonyl (C=O) groups excluding carboxylic acids is 3. The van der Waals surface area contributed by atoms with Gasteiger partial charge in [-0.25, -0.2) is 0 Å². The van der Waals surface area contributed by atoms with Gasteiger partial charge in [0.2, 0.25) is 0 Å². The summed E-state index contributed by atoms with van der Waals surface area (Å²) in [4.78, 5) is 38.2. The molecule has 0 aromatic rings. The molecule has 0 rings (SSSR count). The van der Waals surface area contributed by atoms with Crippen LogP contribution in [0.4, 0.5) is 0 Å². The average molecular weight is 1080 g/mol. The van der Waals surface area contributed by atoms with E-state index in [2.05, 4.69) is 75.5 Å². The van der Waals surface area contributed by atoms with Crippen LogP contribution in [0.5, 0.6) is 0 Å². The van der Waals surface area contributed by atoms with Crippen molar-refractivity contribution in [2.75, 3.05) is 13.2 Å². The zero-order valence-electron chi connectivity index (χ0n) is 51.5. The molecule has 0 aromatic heterocycles. The first-order chi connectivity index (χ1) is 38.0. The van der Waals surface area contributed by atoms with E-state index in [1.807, 2.05) is 6.08 Å². The standard InChI is InChI=1S/C71H128O6/c1-4-7-10-13-16-19-22-25-27-28-29-30-31-32-33-34-35-36-37-38-39-40-41-42-43-44-47-49-52-55-58-61-64-70(73)76-67-68(66-75-69(72)63-60-57-54-51-48-45-24-21-18-15-12-9-6-3)77-71(74)65-62-59-56-53-50-46-26-23-20-17-14-11-8-5-2/h9,12,18,21,23,26,45,48,54,57,68H,4-8,10-11,13-17,19-20,22,24-25,27-44,46-47,49-53,55-56,58-67H2,1-3H3/b12-9-,21-18-,26-23-,48-45-,57-54-. The van der Waals surface area contributed by atoms with E-state index in [4.69, 9.17) is 14.2 Å². The number of unbranched alkanes of at least 4 members (excludes halogenated alkanes) is 41. The van der Waals surface area contributed by atoms with E-state index in [-0.39, 0.29) is 37.5 Å². The largest absolute Gasteiger partial charge is 0.462 e. The summed E-state index contributed by atoms with van der Waals surface area (Å²) in [7, 11) is 0. The van der Waals surface area contributed by atoms with Crippen LogP contribution in [0.2, 0.25) is 0 Å². The number of hydrogen-bond acceptors (Lipinski definition) is 6. The first-order valence-electron chi connectivity index (χ1n) is 33.8. The molecular formula is C71H128O6. The predicted molar refractivity (Wildman–Crippen MR) is 335 cm³/mol. The fourth-order valence-electron chi connectivity index (χ4n) is 9.99. The van der Waals surface area contributed by atoms with Crippen molar-refractivity contribution in [3.05, 3.63) is 60.8 Å². The van der Waals surface area contributed by atoms with Crippen LogP contribution in [0.25, 0.3) is 0 Å². The molecule has 6 nitrogen and oxygen atoms in total. The lowest BCUT2D eigenvalue weighted by Crippen LogP contribution is -2.30. The van der Waals surface area contributed by atoms with Gasteiger partial charge in [0.25, 0.3) is 0 Å². The van der Waals surface area contributed by atoms with E-state index in [1.54, 1.807) is 0 Å². The smallest absolute Gasteiger partial charge is 0.306 e. The van der Waals surface area contributed by atoms with Crippen LogP contribution in [0.15, 0.2) is 60.8 Å². The zero-order valence-corrected chi connectivity index (χ0v) is 51.5. The second-order valence-electron chi connectivity index (χ2n) is 22.7. The number of allylic oxidation sites excluding steroid dienone is 10. The Morgan fingerprint density at radius 1 is 0.273 bits per heavy atom. The lowest BCUT2D eigenvalue weighted by molar-refractivity contribution is -0.166. The van der Waals surface area contributed by atoms with Crippen molar-refractivity contribution < 1.29 is 28.6 Å². The summed E-state index contributed by atoms with van der Waals surface area (Å²) in [6.45, 7) is 6.49. The number of carbonyl (C=O) groups is 3. The molecular weight excluding hydrogens is 949 g/mol. The van der Waals surface area contributed by atoms with Crippen LogP contribution < -0.4 is 0 Å². The fraction of sp³-hybridized carbons (Fsp3) is 0.817. The molecule has 1 atom stereocenters. The van der Waals surface area contributed by atoms with Crippen molar-refractivity contribution in [2.24, 2.45) is 0 Å². The van der Waals surface area contributed by atoms with Crippen molar-refractivity contribution in [1.29, 1.82) is 0 Å². The molecule has 1 unspecified atom stereocenters. The highest BCUT2D eigenvalue weighted by atomic mass is 16.6. The topological polar surface area (TPSA) is 78.9 Å². The van der Waals surface area contributed by atoms with Crippen LogP contribution >= 0.6 is 0 Å². The zero-order chi connectivity index (χ0) is 55.7. The van der Waals surface area contributed by atoms with Gasteiger partial charge in [0, 0.05) is 19.3 Å². The van der Waals surface area contributed by atoms with Gasteiger partial charge in [-0.15, -0.1) is 0 Å². The minimum absolute atomic E-state index is 0.0966. The molecule has 0 N–H and O–H groups in total. The number of ether oxygens (including phenoxy) is 3. The SMILES string of the molecule is CC/C=C\C/C=C\C/C=C\C/C=C\CCC(=O)OCC(COC(=O)CCCCCCCCCCCCCCCCCCCCCCCCCCCCCCCCCC)OC(=O)CCCCCCC/C=C\CCCCCCC. The van der Waals surface area contributed by atoms with Crippen LogP contribution in [0, 0.1) is 0 Å². The first-order valence-corrected chi connectivity index (χ1v) is 33.8. The van der Waals surface area contributed by atoms with Crippen LogP contribution in [-0.2, 0) is 28.6 Å². The van der Waals surface area contributed by atoms with Crippen LogP contribution in [-0.4, -0.2) is 37.2 Å². The van der Waals surface area contributed by atoms with Crippen molar-refractivity contribution in [2.45, 2.75) is 361 Å². The Hall–Kier alpha value is -2.89. The van der Waals surface area contributed by atoms with Gasteiger partial charge in [0.1, 0.15) is 13.2 Å². The molecule has 0 amide bonds. The van der Waals surface area contributed by atoms with E-state index in [0.717, 1.165) is 77.0 Å². The highest BCUT2D eigenvalue weighted by molar-refractivity contribution is 5.71. The molecule has 0 saturated carbocycles. The highest BCUT2D eigenvalue weighted by Crippen LogP contribution is 2.18. The minimum atomic E-state index is -0.806. The lowest BCUT2D eigenvalue weighted by atomic mass is 10.0. The molecule has 0 aliphatic carbocycles. The summed E-state index contributed by atoms with van der Waals surface area (Å²) >= 11 is 0. The summed E-state index contributed by atoms with van der Waals surface area (Å²) in [5.74, 6) is -0.975. The van der Waals surface area contributed by atoms with Gasteiger partial charge >= 0.3 is 17.9 Å². The Morgan fingerprint density at radius 3 is 0.870 bits per heavy atom. The Morgan fingerprint density at radius 2 is 0.532 bits per heavy atom. The summed E-state index contributed by atoms with van der Waals surface area (Å²) in [5, 5.41) is 0. The third-order valence-electron chi connectivity index (χ3n) is 15.0. The van der Waals surface area contributed by atoms with E-state index < -0.39 is 6.10 Å². The molecule has 6 heteroatoms. The van der Waals surface area contributed by atoms with Gasteiger partial charge in [0.05, 0.1) is 0 Å². The van der Waals surface area contributed by atoms with Gasteiger partial charge in [-0.05, 0) is 70.6 Å². The molecule has 0 aliphatic rings. The molecule has 0 aliphatic heterocycles. The Bertz CT molecular complexity index is 1380. The summed E-state index contributed by atoms with van der Waals surface area (Å²) < 4.78 is 16.8. The van der Waals surface area contributed by atoms with Gasteiger partial charge in [-0.2, -0.15) is 0 Å². The van der Waals surface area contributed by atoms with Crippen LogP contribution in [0.1, 0.15) is 355 Å². The summed E-state index contributed by atoms with van der Waals surface area (Å²) in [5.41, 5.74) is 0. The highest BCUT2D eigenvalue weighted by Gasteiger charge is 2.19. The molecule has 448 valence electrons. The quantitative estimate of drug-likeness (QED) is 0.0261. The molecule has 0 bridgehead atoms. The van der Waals surface area contributed by atoms with Gasteiger partial charge in [-0.3, -0.25) is 14.4 Å². The lowest BCUT2D eigenvalue weighted by Gasteiger charge is -2.18. The normalized spacial score (nSPS) is 12.4. The monoisotopic (exact) mass is 1080 g/mol. The maximum Gasteiger partial charge on any atom is 0.306 e.